The van der Waals surface area contributed by atoms with Gasteiger partial charge in [-0.25, -0.2) is 4.68 Å². The summed E-state index contributed by atoms with van der Waals surface area (Å²) in [5.74, 6) is 0. The van der Waals surface area contributed by atoms with Gasteiger partial charge in [-0.15, -0.1) is 17.9 Å². The minimum Gasteiger partial charge on any atom is -0.253 e. The Kier molecular flexibility index (Phi) is 5.05. The van der Waals surface area contributed by atoms with E-state index in [2.05, 4.69) is 45.0 Å². The molecule has 2 aromatic rings. The molecule has 0 bridgehead atoms. The van der Waals surface area contributed by atoms with Crippen LogP contribution in [0.3, 0.4) is 0 Å². The molecule has 1 aromatic carbocycles. The van der Waals surface area contributed by atoms with Gasteiger partial charge in [-0.1, -0.05) is 40.2 Å². The summed E-state index contributed by atoms with van der Waals surface area (Å²) in [5, 5.41) is 7.01. The zero-order valence-corrected chi connectivity index (χ0v) is 14.7. The van der Waals surface area contributed by atoms with Gasteiger partial charge < -0.3 is 0 Å². The average Bonchev–Trinajstić information content (AvgIpc) is 3.17. The minimum atomic E-state index is 0.612. The van der Waals surface area contributed by atoms with Crippen LogP contribution in [0, 0.1) is 0 Å². The van der Waals surface area contributed by atoms with Gasteiger partial charge in [0.25, 0.3) is 0 Å². The van der Waals surface area contributed by atoms with Crippen LogP contribution < -0.4 is 4.80 Å². The third-order valence-corrected chi connectivity index (χ3v) is 5.16. The summed E-state index contributed by atoms with van der Waals surface area (Å²) in [6, 6.07) is 8.23. The van der Waals surface area contributed by atoms with E-state index in [1.807, 2.05) is 22.9 Å². The van der Waals surface area contributed by atoms with Crippen molar-refractivity contribution in [3.05, 3.63) is 51.6 Å². The maximum Gasteiger partial charge on any atom is 0.206 e. The molecule has 0 spiro atoms. The molecule has 0 atom stereocenters. The standard InChI is InChI=1S/C17H18BrN3S/c1-2-11-19-17-21(20-13-7-3-4-8-13)16(12-22-17)14-9-5-6-10-15(14)18/h2,5-6,9-10,12H,1,3-4,7-8,11H2. The van der Waals surface area contributed by atoms with Crippen molar-refractivity contribution in [2.45, 2.75) is 25.7 Å². The van der Waals surface area contributed by atoms with E-state index in [0.717, 1.165) is 33.4 Å². The van der Waals surface area contributed by atoms with Gasteiger partial charge in [-0.05, 0) is 31.7 Å². The van der Waals surface area contributed by atoms with Crippen LogP contribution in [0.25, 0.3) is 11.3 Å². The molecular formula is C17H18BrN3S. The number of hydrogen-bond acceptors (Lipinski definition) is 3. The van der Waals surface area contributed by atoms with Gasteiger partial charge in [0.2, 0.25) is 4.80 Å². The van der Waals surface area contributed by atoms with E-state index in [1.165, 1.54) is 18.6 Å². The molecule has 1 fully saturated rings. The first-order valence-electron chi connectivity index (χ1n) is 7.43. The van der Waals surface area contributed by atoms with Crippen molar-refractivity contribution >= 4 is 33.0 Å². The molecule has 114 valence electrons. The molecule has 3 rings (SSSR count). The summed E-state index contributed by atoms with van der Waals surface area (Å²) < 4.78 is 3.07. The lowest BCUT2D eigenvalue weighted by Gasteiger charge is -2.07. The van der Waals surface area contributed by atoms with E-state index < -0.39 is 0 Å². The predicted octanol–water partition coefficient (Wildman–Crippen LogP) is 4.84. The molecule has 0 N–H and O–H groups in total. The monoisotopic (exact) mass is 375 g/mol. The number of benzene rings is 1. The molecule has 1 aliphatic carbocycles. The van der Waals surface area contributed by atoms with Gasteiger partial charge in [0, 0.05) is 21.1 Å². The highest BCUT2D eigenvalue weighted by atomic mass is 79.9. The number of thiazole rings is 1. The zero-order valence-electron chi connectivity index (χ0n) is 12.3. The molecule has 0 unspecified atom stereocenters. The van der Waals surface area contributed by atoms with E-state index in [1.54, 1.807) is 11.3 Å². The Morgan fingerprint density at radius 1 is 1.27 bits per heavy atom. The van der Waals surface area contributed by atoms with Gasteiger partial charge in [0.05, 0.1) is 12.2 Å². The fourth-order valence-corrected chi connectivity index (χ4v) is 3.85. The summed E-state index contributed by atoms with van der Waals surface area (Å²) >= 11 is 5.26. The summed E-state index contributed by atoms with van der Waals surface area (Å²) in [6.07, 6.45) is 6.49. The highest BCUT2D eigenvalue weighted by Crippen LogP contribution is 2.28. The summed E-state index contributed by atoms with van der Waals surface area (Å²) in [4.78, 5) is 5.50. The zero-order chi connectivity index (χ0) is 15.4. The Bertz CT molecular complexity index is 762. The summed E-state index contributed by atoms with van der Waals surface area (Å²) in [7, 11) is 0. The van der Waals surface area contributed by atoms with Gasteiger partial charge in [0.1, 0.15) is 0 Å². The number of rotatable bonds is 4. The second-order valence-electron chi connectivity index (χ2n) is 5.20. The Hall–Kier alpha value is -1.46. The SMILES string of the molecule is C=CCN=c1scc(-c2ccccc2Br)n1N=C1CCCC1. The summed E-state index contributed by atoms with van der Waals surface area (Å²) in [5.41, 5.74) is 3.49. The fraction of sp³-hybridized carbons (Fsp3) is 0.294. The van der Waals surface area contributed by atoms with Crippen LogP contribution in [-0.2, 0) is 0 Å². The highest BCUT2D eigenvalue weighted by molar-refractivity contribution is 9.10. The molecule has 0 amide bonds. The number of halogens is 1. The molecule has 1 aliphatic rings. The number of hydrogen-bond donors (Lipinski definition) is 0. The van der Waals surface area contributed by atoms with Gasteiger partial charge in [0.15, 0.2) is 0 Å². The van der Waals surface area contributed by atoms with Crippen molar-refractivity contribution in [3.63, 3.8) is 0 Å². The Labute approximate surface area is 142 Å². The first kappa shape index (κ1) is 15.4. The third kappa shape index (κ3) is 3.31. The van der Waals surface area contributed by atoms with E-state index in [-0.39, 0.29) is 0 Å². The Morgan fingerprint density at radius 3 is 2.77 bits per heavy atom. The van der Waals surface area contributed by atoms with Crippen molar-refractivity contribution in [1.82, 2.24) is 4.68 Å². The Balaban J connectivity index is 2.14. The molecule has 0 saturated heterocycles. The van der Waals surface area contributed by atoms with Crippen LogP contribution >= 0.6 is 27.3 Å². The molecule has 3 nitrogen and oxygen atoms in total. The average molecular weight is 376 g/mol. The van der Waals surface area contributed by atoms with Crippen LogP contribution in [0.5, 0.6) is 0 Å². The van der Waals surface area contributed by atoms with E-state index in [4.69, 9.17) is 5.10 Å². The normalized spacial score (nSPS) is 15.3. The lowest BCUT2D eigenvalue weighted by atomic mass is 10.2. The first-order chi connectivity index (χ1) is 10.8. The van der Waals surface area contributed by atoms with Gasteiger partial charge in [-0.2, -0.15) is 5.10 Å². The van der Waals surface area contributed by atoms with Crippen LogP contribution in [-0.4, -0.2) is 16.9 Å². The Morgan fingerprint density at radius 2 is 2.05 bits per heavy atom. The quantitative estimate of drug-likeness (QED) is 0.684. The topological polar surface area (TPSA) is 29.6 Å². The van der Waals surface area contributed by atoms with Crippen molar-refractivity contribution < 1.29 is 0 Å². The van der Waals surface area contributed by atoms with Crippen molar-refractivity contribution in [2.75, 3.05) is 6.54 Å². The maximum absolute atomic E-state index is 4.88. The van der Waals surface area contributed by atoms with Crippen LogP contribution in [0.1, 0.15) is 25.7 Å². The molecule has 1 saturated carbocycles. The van der Waals surface area contributed by atoms with E-state index in [0.29, 0.717) is 6.54 Å². The van der Waals surface area contributed by atoms with E-state index in [9.17, 15) is 0 Å². The van der Waals surface area contributed by atoms with Gasteiger partial charge in [-0.3, -0.25) is 4.99 Å². The second-order valence-corrected chi connectivity index (χ2v) is 6.89. The highest BCUT2D eigenvalue weighted by Gasteiger charge is 2.13. The van der Waals surface area contributed by atoms with Crippen LogP contribution in [0.15, 0.2) is 56.9 Å². The summed E-state index contributed by atoms with van der Waals surface area (Å²) in [6.45, 7) is 4.36. The minimum absolute atomic E-state index is 0.612. The molecule has 0 aliphatic heterocycles. The third-order valence-electron chi connectivity index (χ3n) is 3.61. The maximum atomic E-state index is 4.88. The lowest BCUT2D eigenvalue weighted by Crippen LogP contribution is -2.14. The smallest absolute Gasteiger partial charge is 0.206 e. The van der Waals surface area contributed by atoms with Crippen molar-refractivity contribution in [1.29, 1.82) is 0 Å². The molecule has 22 heavy (non-hydrogen) atoms. The first-order valence-corrected chi connectivity index (χ1v) is 9.10. The molecule has 0 radical (unpaired) electrons. The second kappa shape index (κ2) is 7.20. The number of nitrogens with zero attached hydrogens (tertiary/aromatic N) is 3. The molecular weight excluding hydrogens is 358 g/mol. The van der Waals surface area contributed by atoms with Crippen molar-refractivity contribution in [3.8, 4) is 11.3 Å². The fourth-order valence-electron chi connectivity index (χ4n) is 2.53. The van der Waals surface area contributed by atoms with Crippen molar-refractivity contribution in [2.24, 2.45) is 10.1 Å². The molecule has 1 heterocycles. The lowest BCUT2D eigenvalue weighted by molar-refractivity contribution is 0.827. The predicted molar refractivity (Wildman–Crippen MR) is 97.4 cm³/mol. The molecule has 1 aromatic heterocycles. The van der Waals surface area contributed by atoms with Crippen LogP contribution in [0.2, 0.25) is 0 Å². The number of aromatic nitrogens is 1. The van der Waals surface area contributed by atoms with Gasteiger partial charge >= 0.3 is 0 Å². The van der Waals surface area contributed by atoms with Crippen LogP contribution in [0.4, 0.5) is 0 Å². The van der Waals surface area contributed by atoms with E-state index >= 15 is 0 Å². The largest absolute Gasteiger partial charge is 0.253 e. The molecule has 5 heteroatoms.